The molecule has 192 valence electrons. The van der Waals surface area contributed by atoms with Crippen LogP contribution in [0.25, 0.3) is 0 Å². The van der Waals surface area contributed by atoms with Gasteiger partial charge in [0, 0.05) is 0 Å². The number of amides is 1. The summed E-state index contributed by atoms with van der Waals surface area (Å²) in [6, 6.07) is 16.5. The molecule has 0 aliphatic carbocycles. The lowest BCUT2D eigenvalue weighted by Gasteiger charge is -2.25. The molecule has 0 radical (unpaired) electrons. The van der Waals surface area contributed by atoms with Crippen molar-refractivity contribution in [3.05, 3.63) is 83.9 Å². The summed E-state index contributed by atoms with van der Waals surface area (Å²) in [5.74, 6) is 0.247. The van der Waals surface area contributed by atoms with Crippen LogP contribution in [0.15, 0.2) is 77.7 Å². The summed E-state index contributed by atoms with van der Waals surface area (Å²) in [5.41, 5.74) is -0.520. The van der Waals surface area contributed by atoms with Gasteiger partial charge in [0.25, 0.3) is 10.0 Å². The Balaban J connectivity index is 1.79. The molecule has 0 unspecified atom stereocenters. The number of nitrogens with one attached hydrogen (secondary N) is 1. The Kier molecular flexibility index (Phi) is 8.46. The molecule has 0 atom stereocenters. The topological polar surface area (TPSA) is 84.9 Å². The molecule has 3 aromatic rings. The molecule has 0 aliphatic rings. The number of hydrogen-bond acceptors (Lipinski definition) is 5. The number of ether oxygens (including phenoxy) is 2. The van der Waals surface area contributed by atoms with Crippen LogP contribution in [-0.4, -0.2) is 41.1 Å². The number of sulfonamides is 1. The zero-order valence-corrected chi connectivity index (χ0v) is 20.4. The zero-order chi connectivity index (χ0) is 26.3. The van der Waals surface area contributed by atoms with Crippen LogP contribution >= 0.6 is 0 Å². The molecular formula is C25H25F3N2O5S. The summed E-state index contributed by atoms with van der Waals surface area (Å²) in [6.07, 6.45) is -4.69. The van der Waals surface area contributed by atoms with Crippen molar-refractivity contribution < 1.29 is 35.9 Å². The number of halogens is 3. The molecule has 11 heteroatoms. The lowest BCUT2D eigenvalue weighted by molar-refractivity contribution is -0.137. The number of methoxy groups -OCH3 is 1. The first-order chi connectivity index (χ1) is 17.0. The third-order valence-corrected chi connectivity index (χ3v) is 6.90. The number of nitrogens with zero attached hydrogens (tertiary/aromatic N) is 1. The third kappa shape index (κ3) is 6.69. The Labute approximate surface area is 207 Å². The number of para-hydroxylation sites is 2. The molecule has 0 heterocycles. The molecule has 1 N–H and O–H groups in total. The van der Waals surface area contributed by atoms with Gasteiger partial charge in [-0.1, -0.05) is 35.9 Å². The van der Waals surface area contributed by atoms with E-state index in [0.29, 0.717) is 21.9 Å². The van der Waals surface area contributed by atoms with Gasteiger partial charge in [-0.25, -0.2) is 8.42 Å². The second kappa shape index (κ2) is 11.3. The van der Waals surface area contributed by atoms with Crippen LogP contribution in [0.4, 0.5) is 18.9 Å². The first kappa shape index (κ1) is 26.9. The number of carbonyl (C=O) groups excluding carboxylic acids is 1. The Hall–Kier alpha value is -3.73. The molecule has 3 aromatic carbocycles. The molecule has 0 spiro atoms. The fraction of sp³-hybridized carbons (Fsp3) is 0.240. The molecule has 0 fully saturated rings. The number of benzene rings is 3. The molecule has 0 aliphatic heterocycles. The van der Waals surface area contributed by atoms with E-state index in [-0.39, 0.29) is 23.7 Å². The van der Waals surface area contributed by atoms with Gasteiger partial charge in [-0.15, -0.1) is 0 Å². The molecule has 0 aromatic heterocycles. The predicted molar refractivity (Wildman–Crippen MR) is 129 cm³/mol. The van der Waals surface area contributed by atoms with Gasteiger partial charge in [0.1, 0.15) is 13.2 Å². The van der Waals surface area contributed by atoms with E-state index >= 15 is 0 Å². The van der Waals surface area contributed by atoms with Crippen molar-refractivity contribution in [2.45, 2.75) is 18.0 Å². The van der Waals surface area contributed by atoms with Gasteiger partial charge in [-0.2, -0.15) is 13.2 Å². The fourth-order valence-electron chi connectivity index (χ4n) is 3.27. The molecule has 0 bridgehead atoms. The van der Waals surface area contributed by atoms with Gasteiger partial charge in [0.05, 0.1) is 29.8 Å². The van der Waals surface area contributed by atoms with E-state index in [4.69, 9.17) is 9.47 Å². The fourth-order valence-corrected chi connectivity index (χ4v) is 4.68. The number of anilines is 1. The first-order valence-electron chi connectivity index (χ1n) is 10.8. The van der Waals surface area contributed by atoms with Crippen LogP contribution in [0.3, 0.4) is 0 Å². The maximum atomic E-state index is 13.4. The minimum absolute atomic E-state index is 0.0257. The van der Waals surface area contributed by atoms with E-state index in [1.807, 2.05) is 0 Å². The van der Waals surface area contributed by atoms with Gasteiger partial charge in [-0.3, -0.25) is 9.10 Å². The third-order valence-electron chi connectivity index (χ3n) is 5.11. The SMILES string of the molecule is COc1ccccc1OCCNC(=O)CN(c1cccc(C(F)(F)F)c1)S(=O)(=O)c1ccc(C)cc1. The Morgan fingerprint density at radius 2 is 1.64 bits per heavy atom. The van der Waals surface area contributed by atoms with E-state index in [1.54, 1.807) is 43.3 Å². The van der Waals surface area contributed by atoms with Crippen molar-refractivity contribution in [2.24, 2.45) is 0 Å². The second-order valence-corrected chi connectivity index (χ2v) is 9.58. The average Bonchev–Trinajstić information content (AvgIpc) is 2.85. The highest BCUT2D eigenvalue weighted by molar-refractivity contribution is 7.92. The van der Waals surface area contributed by atoms with Crippen molar-refractivity contribution in [3.8, 4) is 11.5 Å². The minimum Gasteiger partial charge on any atom is -0.493 e. The zero-order valence-electron chi connectivity index (χ0n) is 19.6. The van der Waals surface area contributed by atoms with Gasteiger partial charge >= 0.3 is 6.18 Å². The molecule has 0 saturated heterocycles. The summed E-state index contributed by atoms with van der Waals surface area (Å²) in [4.78, 5) is 12.5. The van der Waals surface area contributed by atoms with E-state index in [0.717, 1.165) is 17.7 Å². The predicted octanol–water partition coefficient (Wildman–Crippen LogP) is 4.41. The van der Waals surface area contributed by atoms with Gasteiger partial charge in [0.2, 0.25) is 5.91 Å². The van der Waals surface area contributed by atoms with Crippen LogP contribution in [0.5, 0.6) is 11.5 Å². The molecule has 36 heavy (non-hydrogen) atoms. The highest BCUT2D eigenvalue weighted by Gasteiger charge is 2.33. The largest absolute Gasteiger partial charge is 0.493 e. The summed E-state index contributed by atoms with van der Waals surface area (Å²) >= 11 is 0. The number of hydrogen-bond donors (Lipinski definition) is 1. The van der Waals surface area contributed by atoms with Crippen molar-refractivity contribution >= 4 is 21.6 Å². The van der Waals surface area contributed by atoms with Gasteiger partial charge in [-0.05, 0) is 49.4 Å². The maximum Gasteiger partial charge on any atom is 0.416 e. The summed E-state index contributed by atoms with van der Waals surface area (Å²) in [7, 11) is -2.87. The van der Waals surface area contributed by atoms with Crippen LogP contribution < -0.4 is 19.1 Å². The van der Waals surface area contributed by atoms with Crippen LogP contribution in [-0.2, 0) is 21.0 Å². The van der Waals surface area contributed by atoms with Crippen molar-refractivity contribution in [1.29, 1.82) is 0 Å². The second-order valence-electron chi connectivity index (χ2n) is 7.72. The normalized spacial score (nSPS) is 11.6. The lowest BCUT2D eigenvalue weighted by Crippen LogP contribution is -2.42. The van der Waals surface area contributed by atoms with E-state index in [9.17, 15) is 26.4 Å². The summed E-state index contributed by atoms with van der Waals surface area (Å²) < 4.78 is 78.0. The van der Waals surface area contributed by atoms with Gasteiger partial charge < -0.3 is 14.8 Å². The van der Waals surface area contributed by atoms with E-state index < -0.39 is 34.2 Å². The van der Waals surface area contributed by atoms with E-state index in [2.05, 4.69) is 5.32 Å². The standard InChI is InChI=1S/C25H25F3N2O5S/c1-18-10-12-21(13-11-18)36(32,33)30(20-7-5-6-19(16-20)25(26,27)28)17-24(31)29-14-15-35-23-9-4-3-8-22(23)34-2/h3-13,16H,14-15,17H2,1-2H3,(H,29,31). The minimum atomic E-state index is -4.69. The van der Waals surface area contributed by atoms with Crippen LogP contribution in [0.1, 0.15) is 11.1 Å². The van der Waals surface area contributed by atoms with Crippen LogP contribution in [0.2, 0.25) is 0 Å². The Morgan fingerprint density at radius 1 is 0.972 bits per heavy atom. The average molecular weight is 523 g/mol. The summed E-state index contributed by atoms with van der Waals surface area (Å²) in [6.45, 7) is 1.12. The Bertz CT molecular complexity index is 1300. The number of alkyl halides is 3. The monoisotopic (exact) mass is 522 g/mol. The van der Waals surface area contributed by atoms with E-state index in [1.165, 1.54) is 25.3 Å². The first-order valence-corrected chi connectivity index (χ1v) is 12.3. The van der Waals surface area contributed by atoms with Crippen LogP contribution in [0, 0.1) is 6.92 Å². The molecule has 0 saturated carbocycles. The molecule has 7 nitrogen and oxygen atoms in total. The van der Waals surface area contributed by atoms with Crippen molar-refractivity contribution in [2.75, 3.05) is 31.1 Å². The van der Waals surface area contributed by atoms with Gasteiger partial charge in [0.15, 0.2) is 11.5 Å². The molecule has 1 amide bonds. The summed E-state index contributed by atoms with van der Waals surface area (Å²) in [5, 5.41) is 2.54. The smallest absolute Gasteiger partial charge is 0.416 e. The van der Waals surface area contributed by atoms with Crippen molar-refractivity contribution in [3.63, 3.8) is 0 Å². The number of rotatable bonds is 10. The highest BCUT2D eigenvalue weighted by Crippen LogP contribution is 2.33. The Morgan fingerprint density at radius 3 is 2.28 bits per heavy atom. The quantitative estimate of drug-likeness (QED) is 0.399. The molecule has 3 rings (SSSR count). The van der Waals surface area contributed by atoms with Crippen molar-refractivity contribution in [1.82, 2.24) is 5.32 Å². The number of aryl methyl sites for hydroxylation is 1. The molecular weight excluding hydrogens is 497 g/mol. The lowest BCUT2D eigenvalue weighted by atomic mass is 10.2. The maximum absolute atomic E-state index is 13.4. The highest BCUT2D eigenvalue weighted by atomic mass is 32.2. The number of carbonyl (C=O) groups is 1.